The highest BCUT2D eigenvalue weighted by atomic mass is 32.1. The minimum atomic E-state index is -0.475. The van der Waals surface area contributed by atoms with Crippen LogP contribution >= 0.6 is 12.6 Å². The first-order chi connectivity index (χ1) is 7.86. The van der Waals surface area contributed by atoms with E-state index in [1.165, 1.54) is 6.92 Å². The van der Waals surface area contributed by atoms with Crippen LogP contribution in [-0.2, 0) is 0 Å². The van der Waals surface area contributed by atoms with Gasteiger partial charge in [-0.3, -0.25) is 9.59 Å². The van der Waals surface area contributed by atoms with E-state index in [1.54, 1.807) is 0 Å². The van der Waals surface area contributed by atoms with E-state index < -0.39 is 11.5 Å². The molecular weight excluding hydrogens is 240 g/mol. The summed E-state index contributed by atoms with van der Waals surface area (Å²) in [5, 5.41) is 9.78. The summed E-state index contributed by atoms with van der Waals surface area (Å²) in [6.45, 7) is 1.51. The number of Topliss-reactive ketones (excluding diaryl/α,β-unsaturated/α-hetero) is 1. The number of hydrogen-bond acceptors (Lipinski definition) is 6. The molecule has 0 atom stereocenters. The average Bonchev–Trinajstić information content (AvgIpc) is 2.28. The number of carbonyl (C=O) groups is 2. The molecule has 6 heteroatoms. The molecule has 0 aromatic heterocycles. The normalized spacial score (nSPS) is 14.6. The summed E-state index contributed by atoms with van der Waals surface area (Å²) in [6.07, 6.45) is 1.16. The van der Waals surface area contributed by atoms with E-state index in [0.29, 0.717) is 0 Å². The predicted octanol–water partition coefficient (Wildman–Crippen LogP) is 1.17. The Kier molecular flexibility index (Phi) is 2.39. The summed E-state index contributed by atoms with van der Waals surface area (Å²) in [5.41, 5.74) is 11.2. The number of aromatic hydroxyl groups is 1. The maximum absolute atomic E-state index is 11.9. The number of hydrogen-bond donors (Lipinski definition) is 4. The van der Waals surface area contributed by atoms with Crippen LogP contribution in [-0.4, -0.2) is 16.7 Å². The highest BCUT2D eigenvalue weighted by molar-refractivity contribution is 7.80. The zero-order valence-corrected chi connectivity index (χ0v) is 9.84. The topological polar surface area (TPSA) is 106 Å². The molecule has 0 unspecified atom stereocenters. The van der Waals surface area contributed by atoms with Gasteiger partial charge in [-0.15, -0.1) is 12.6 Å². The molecule has 88 valence electrons. The van der Waals surface area contributed by atoms with Crippen molar-refractivity contribution in [2.75, 3.05) is 11.5 Å². The molecule has 0 spiro atoms. The number of carbonyl (C=O) groups excluding carboxylic acids is 2. The third-order valence-electron chi connectivity index (χ3n) is 2.70. The van der Waals surface area contributed by atoms with Gasteiger partial charge in [0, 0.05) is 10.5 Å². The van der Waals surface area contributed by atoms with Gasteiger partial charge in [0.15, 0.2) is 17.3 Å². The van der Waals surface area contributed by atoms with Gasteiger partial charge >= 0.3 is 0 Å². The van der Waals surface area contributed by atoms with E-state index in [-0.39, 0.29) is 38.8 Å². The van der Waals surface area contributed by atoms with Crippen molar-refractivity contribution in [3.8, 4) is 5.75 Å². The molecule has 0 fully saturated rings. The van der Waals surface area contributed by atoms with Gasteiger partial charge in [-0.1, -0.05) is 0 Å². The van der Waals surface area contributed by atoms with Gasteiger partial charge in [0.2, 0.25) is 0 Å². The molecule has 5 nitrogen and oxygen atoms in total. The standard InChI is InChI=1S/C11H10N2O3S/c1-3-2-4(14)5-6(9(3)15)11(17)8(13)7(12)10(5)16/h2,16-17H,12-13H2,1H3. The first-order valence-corrected chi connectivity index (χ1v) is 5.21. The van der Waals surface area contributed by atoms with Gasteiger partial charge in [-0.2, -0.15) is 0 Å². The minimum Gasteiger partial charge on any atom is -0.505 e. The van der Waals surface area contributed by atoms with Crippen molar-refractivity contribution >= 4 is 35.6 Å². The summed E-state index contributed by atoms with van der Waals surface area (Å²) in [6, 6.07) is 0. The molecule has 2 rings (SSSR count). The van der Waals surface area contributed by atoms with Crippen molar-refractivity contribution in [3.05, 3.63) is 22.8 Å². The zero-order chi connectivity index (χ0) is 12.9. The van der Waals surface area contributed by atoms with Gasteiger partial charge in [0.05, 0.1) is 22.5 Å². The lowest BCUT2D eigenvalue weighted by Crippen LogP contribution is -2.18. The zero-order valence-electron chi connectivity index (χ0n) is 8.94. The molecule has 17 heavy (non-hydrogen) atoms. The second-order valence-corrected chi connectivity index (χ2v) is 4.24. The molecule has 0 saturated heterocycles. The van der Waals surface area contributed by atoms with E-state index in [1.807, 2.05) is 0 Å². The molecule has 0 saturated carbocycles. The molecule has 5 N–H and O–H groups in total. The number of anilines is 2. The first kappa shape index (κ1) is 11.5. The van der Waals surface area contributed by atoms with Gasteiger partial charge < -0.3 is 16.6 Å². The third-order valence-corrected chi connectivity index (χ3v) is 3.17. The highest BCUT2D eigenvalue weighted by Gasteiger charge is 2.31. The number of phenolic OH excluding ortho intramolecular Hbond substituents is 1. The lowest BCUT2D eigenvalue weighted by atomic mass is 9.88. The molecule has 1 aromatic rings. The van der Waals surface area contributed by atoms with Crippen molar-refractivity contribution in [1.29, 1.82) is 0 Å². The summed E-state index contributed by atoms with van der Waals surface area (Å²) in [5.74, 6) is -1.32. The van der Waals surface area contributed by atoms with Gasteiger partial charge in [-0.05, 0) is 13.0 Å². The Hall–Kier alpha value is -1.95. The van der Waals surface area contributed by atoms with Gasteiger partial charge in [0.25, 0.3) is 0 Å². The van der Waals surface area contributed by atoms with Crippen LogP contribution in [0.25, 0.3) is 0 Å². The maximum Gasteiger partial charge on any atom is 0.190 e. The molecule has 1 aliphatic carbocycles. The maximum atomic E-state index is 11.9. The van der Waals surface area contributed by atoms with Crippen molar-refractivity contribution in [2.24, 2.45) is 0 Å². The van der Waals surface area contributed by atoms with Gasteiger partial charge in [0.1, 0.15) is 0 Å². The largest absolute Gasteiger partial charge is 0.505 e. The summed E-state index contributed by atoms with van der Waals surface area (Å²) in [7, 11) is 0. The molecular formula is C11H10N2O3S. The lowest BCUT2D eigenvalue weighted by Gasteiger charge is -2.19. The Morgan fingerprint density at radius 2 is 1.76 bits per heavy atom. The number of rotatable bonds is 0. The smallest absolute Gasteiger partial charge is 0.190 e. The second-order valence-electron chi connectivity index (χ2n) is 3.80. The lowest BCUT2D eigenvalue weighted by molar-refractivity contribution is 0.0980. The molecule has 0 bridgehead atoms. The van der Waals surface area contributed by atoms with Crippen LogP contribution in [0.1, 0.15) is 27.6 Å². The molecule has 0 amide bonds. The van der Waals surface area contributed by atoms with E-state index in [2.05, 4.69) is 12.6 Å². The van der Waals surface area contributed by atoms with Crippen molar-refractivity contribution < 1.29 is 14.7 Å². The Morgan fingerprint density at radius 3 is 2.35 bits per heavy atom. The summed E-state index contributed by atoms with van der Waals surface area (Å²) in [4.78, 5) is 23.8. The van der Waals surface area contributed by atoms with Gasteiger partial charge in [-0.25, -0.2) is 0 Å². The second kappa shape index (κ2) is 3.53. The summed E-state index contributed by atoms with van der Waals surface area (Å²) < 4.78 is 0. The SMILES string of the molecule is CC1=CC(=O)c2c(O)c(N)c(N)c(S)c2C1=O. The molecule has 0 radical (unpaired) electrons. The van der Waals surface area contributed by atoms with Crippen molar-refractivity contribution in [1.82, 2.24) is 0 Å². The van der Waals surface area contributed by atoms with E-state index >= 15 is 0 Å². The Bertz CT molecular complexity index is 605. The Balaban J connectivity index is 2.93. The molecule has 1 aliphatic rings. The van der Waals surface area contributed by atoms with Crippen molar-refractivity contribution in [3.63, 3.8) is 0 Å². The number of nitrogens with two attached hydrogens (primary N) is 2. The fourth-order valence-electron chi connectivity index (χ4n) is 1.75. The van der Waals surface area contributed by atoms with E-state index in [4.69, 9.17) is 11.5 Å². The van der Waals surface area contributed by atoms with Crippen LogP contribution in [0, 0.1) is 0 Å². The van der Waals surface area contributed by atoms with Crippen LogP contribution in [0.2, 0.25) is 0 Å². The Labute approximate surface area is 103 Å². The van der Waals surface area contributed by atoms with Crippen molar-refractivity contribution in [2.45, 2.75) is 11.8 Å². The van der Waals surface area contributed by atoms with Crippen LogP contribution in [0.5, 0.6) is 5.75 Å². The number of nitrogen functional groups attached to an aromatic ring is 2. The van der Waals surface area contributed by atoms with Crippen LogP contribution < -0.4 is 11.5 Å². The fraction of sp³-hybridized carbons (Fsp3) is 0.0909. The number of phenols is 1. The van der Waals surface area contributed by atoms with Crippen LogP contribution in [0.4, 0.5) is 11.4 Å². The molecule has 0 aliphatic heterocycles. The first-order valence-electron chi connectivity index (χ1n) is 4.76. The third kappa shape index (κ3) is 1.41. The Morgan fingerprint density at radius 1 is 1.18 bits per heavy atom. The number of ketones is 2. The monoisotopic (exact) mass is 250 g/mol. The fourth-order valence-corrected chi connectivity index (χ4v) is 2.09. The van der Waals surface area contributed by atoms with Crippen LogP contribution in [0.15, 0.2) is 16.5 Å². The quantitative estimate of drug-likeness (QED) is 0.314. The van der Waals surface area contributed by atoms with Crippen LogP contribution in [0.3, 0.4) is 0 Å². The predicted molar refractivity (Wildman–Crippen MR) is 66.6 cm³/mol. The summed E-state index contributed by atoms with van der Waals surface area (Å²) >= 11 is 4.09. The number of fused-ring (bicyclic) bond motifs is 1. The van der Waals surface area contributed by atoms with E-state index in [0.717, 1.165) is 6.08 Å². The number of benzene rings is 1. The van der Waals surface area contributed by atoms with E-state index in [9.17, 15) is 14.7 Å². The average molecular weight is 250 g/mol. The molecule has 1 aromatic carbocycles. The number of allylic oxidation sites excluding steroid dienone is 2. The molecule has 0 heterocycles. The highest BCUT2D eigenvalue weighted by Crippen LogP contribution is 2.42. The number of thiol groups is 1. The minimum absolute atomic E-state index is 0.000401.